The number of hydrogen-bond donors (Lipinski definition) is 1. The number of H-pyrrole nitrogens is 1. The average Bonchev–Trinajstić information content (AvgIpc) is 2.80. The standard InChI is InChI=1S/C17H18F2N2O3/c1-9-14(10(2)20-15(9)17(23)24-4)8-21(3)16(22)11-5-12(18)7-13(19)6-11/h5-7,20H,8H2,1-4H3. The zero-order chi connectivity index (χ0) is 18.0. The molecule has 0 aliphatic rings. The molecule has 0 aliphatic carbocycles. The Labute approximate surface area is 138 Å². The third kappa shape index (κ3) is 3.45. The van der Waals surface area contributed by atoms with Crippen molar-refractivity contribution < 1.29 is 23.1 Å². The molecule has 128 valence electrons. The number of benzene rings is 1. The molecular formula is C17H18F2N2O3. The smallest absolute Gasteiger partial charge is 0.354 e. The van der Waals surface area contributed by atoms with Crippen LogP contribution < -0.4 is 0 Å². The molecule has 0 atom stereocenters. The third-order valence-corrected chi connectivity index (χ3v) is 3.83. The highest BCUT2D eigenvalue weighted by Crippen LogP contribution is 2.21. The fourth-order valence-electron chi connectivity index (χ4n) is 2.54. The lowest BCUT2D eigenvalue weighted by atomic mass is 10.1. The Balaban J connectivity index is 2.26. The largest absolute Gasteiger partial charge is 0.464 e. The number of hydrogen-bond acceptors (Lipinski definition) is 3. The fraction of sp³-hybridized carbons (Fsp3) is 0.294. The molecule has 0 saturated carbocycles. The maximum Gasteiger partial charge on any atom is 0.354 e. The second-order valence-corrected chi connectivity index (χ2v) is 5.54. The molecule has 0 radical (unpaired) electrons. The van der Waals surface area contributed by atoms with Gasteiger partial charge >= 0.3 is 5.97 Å². The molecule has 0 saturated heterocycles. The number of carbonyl (C=O) groups is 2. The van der Waals surface area contributed by atoms with Crippen LogP contribution >= 0.6 is 0 Å². The summed E-state index contributed by atoms with van der Waals surface area (Å²) in [6, 6.07) is 2.68. The molecule has 0 spiro atoms. The molecule has 1 heterocycles. The van der Waals surface area contributed by atoms with Crippen molar-refractivity contribution in [3.05, 3.63) is 57.9 Å². The Morgan fingerprint density at radius 3 is 2.29 bits per heavy atom. The van der Waals surface area contributed by atoms with Crippen molar-refractivity contribution in [2.75, 3.05) is 14.2 Å². The molecule has 0 aliphatic heterocycles. The van der Waals surface area contributed by atoms with Crippen LogP contribution in [-0.4, -0.2) is 35.9 Å². The second kappa shape index (κ2) is 6.82. The number of ether oxygens (including phenoxy) is 1. The number of nitrogens with zero attached hydrogens (tertiary/aromatic N) is 1. The number of halogens is 2. The lowest BCUT2D eigenvalue weighted by Crippen LogP contribution is -2.27. The zero-order valence-electron chi connectivity index (χ0n) is 13.9. The van der Waals surface area contributed by atoms with Gasteiger partial charge in [0.1, 0.15) is 17.3 Å². The topological polar surface area (TPSA) is 62.4 Å². The first-order chi connectivity index (χ1) is 11.2. The number of aromatic nitrogens is 1. The summed E-state index contributed by atoms with van der Waals surface area (Å²) in [6.45, 7) is 3.70. The summed E-state index contributed by atoms with van der Waals surface area (Å²) in [7, 11) is 2.81. The summed E-state index contributed by atoms with van der Waals surface area (Å²) in [5, 5.41) is 0. The minimum absolute atomic E-state index is 0.0750. The van der Waals surface area contributed by atoms with E-state index in [-0.39, 0.29) is 12.1 Å². The molecule has 1 N–H and O–H groups in total. The number of carbonyl (C=O) groups excluding carboxylic acids is 2. The van der Waals surface area contributed by atoms with E-state index in [2.05, 4.69) is 4.98 Å². The molecule has 0 bridgehead atoms. The summed E-state index contributed by atoms with van der Waals surface area (Å²) in [6.07, 6.45) is 0. The van der Waals surface area contributed by atoms with Gasteiger partial charge < -0.3 is 14.6 Å². The summed E-state index contributed by atoms with van der Waals surface area (Å²) < 4.78 is 31.2. The van der Waals surface area contributed by atoms with Crippen LogP contribution in [0.1, 0.15) is 37.7 Å². The van der Waals surface area contributed by atoms with E-state index in [1.54, 1.807) is 13.8 Å². The fourth-order valence-corrected chi connectivity index (χ4v) is 2.54. The predicted molar refractivity (Wildman–Crippen MR) is 83.8 cm³/mol. The van der Waals surface area contributed by atoms with Crippen LogP contribution in [0.4, 0.5) is 8.78 Å². The van der Waals surface area contributed by atoms with Crippen molar-refractivity contribution in [2.45, 2.75) is 20.4 Å². The first-order valence-corrected chi connectivity index (χ1v) is 7.22. The van der Waals surface area contributed by atoms with E-state index in [0.29, 0.717) is 17.3 Å². The lowest BCUT2D eigenvalue weighted by Gasteiger charge is -2.18. The van der Waals surface area contributed by atoms with E-state index in [1.165, 1.54) is 19.1 Å². The van der Waals surface area contributed by atoms with Crippen molar-refractivity contribution in [3.63, 3.8) is 0 Å². The molecule has 0 fully saturated rings. The van der Waals surface area contributed by atoms with Gasteiger partial charge in [0.25, 0.3) is 5.91 Å². The lowest BCUT2D eigenvalue weighted by molar-refractivity contribution is 0.0593. The molecule has 1 aromatic heterocycles. The van der Waals surface area contributed by atoms with Crippen LogP contribution in [0.25, 0.3) is 0 Å². The van der Waals surface area contributed by atoms with Crippen LogP contribution in [-0.2, 0) is 11.3 Å². The molecule has 7 heteroatoms. The minimum atomic E-state index is -0.811. The number of rotatable bonds is 4. The Morgan fingerprint density at radius 2 is 1.75 bits per heavy atom. The number of aromatic amines is 1. The third-order valence-electron chi connectivity index (χ3n) is 3.83. The van der Waals surface area contributed by atoms with Crippen LogP contribution in [0.2, 0.25) is 0 Å². The predicted octanol–water partition coefficient (Wildman–Crippen LogP) is 2.97. The highest BCUT2D eigenvalue weighted by molar-refractivity contribution is 5.94. The number of methoxy groups -OCH3 is 1. The van der Waals surface area contributed by atoms with E-state index in [0.717, 1.165) is 23.4 Å². The van der Waals surface area contributed by atoms with Gasteiger partial charge in [-0.15, -0.1) is 0 Å². The number of aryl methyl sites for hydroxylation is 1. The van der Waals surface area contributed by atoms with E-state index in [9.17, 15) is 18.4 Å². The van der Waals surface area contributed by atoms with Crippen molar-refractivity contribution in [1.82, 2.24) is 9.88 Å². The number of amides is 1. The quantitative estimate of drug-likeness (QED) is 0.873. The average molecular weight is 336 g/mol. The van der Waals surface area contributed by atoms with Crippen LogP contribution in [0, 0.1) is 25.5 Å². The molecule has 24 heavy (non-hydrogen) atoms. The van der Waals surface area contributed by atoms with E-state index in [4.69, 9.17) is 4.74 Å². The van der Waals surface area contributed by atoms with Gasteiger partial charge in [0.05, 0.1) is 7.11 Å². The maximum atomic E-state index is 13.3. The molecule has 2 rings (SSSR count). The Bertz CT molecular complexity index is 779. The van der Waals surface area contributed by atoms with Gasteiger partial charge in [0.15, 0.2) is 0 Å². The number of esters is 1. The van der Waals surface area contributed by atoms with Crippen molar-refractivity contribution >= 4 is 11.9 Å². The molecule has 0 unspecified atom stereocenters. The summed E-state index contributed by atoms with van der Waals surface area (Å²) >= 11 is 0. The highest BCUT2D eigenvalue weighted by Gasteiger charge is 2.21. The van der Waals surface area contributed by atoms with Gasteiger partial charge in [-0.1, -0.05) is 0 Å². The summed E-state index contributed by atoms with van der Waals surface area (Å²) in [5.74, 6) is -2.64. The molecule has 5 nitrogen and oxygen atoms in total. The first kappa shape index (κ1) is 17.7. The van der Waals surface area contributed by atoms with Crippen molar-refractivity contribution in [2.24, 2.45) is 0 Å². The Kier molecular flexibility index (Phi) is 5.02. The van der Waals surface area contributed by atoms with Crippen LogP contribution in [0.5, 0.6) is 0 Å². The Morgan fingerprint density at radius 1 is 1.17 bits per heavy atom. The van der Waals surface area contributed by atoms with Crippen LogP contribution in [0.3, 0.4) is 0 Å². The summed E-state index contributed by atoms with van der Waals surface area (Å²) in [5.41, 5.74) is 2.39. The van der Waals surface area contributed by atoms with Gasteiger partial charge in [-0.2, -0.15) is 0 Å². The van der Waals surface area contributed by atoms with Gasteiger partial charge in [0, 0.05) is 30.9 Å². The molecule has 1 amide bonds. The van der Waals surface area contributed by atoms with Gasteiger partial charge in [-0.05, 0) is 37.1 Å². The van der Waals surface area contributed by atoms with Gasteiger partial charge in [0.2, 0.25) is 0 Å². The molecule has 2 aromatic rings. The summed E-state index contributed by atoms with van der Waals surface area (Å²) in [4.78, 5) is 28.3. The van der Waals surface area contributed by atoms with Crippen molar-refractivity contribution in [3.8, 4) is 0 Å². The normalized spacial score (nSPS) is 10.6. The maximum absolute atomic E-state index is 13.3. The van der Waals surface area contributed by atoms with Gasteiger partial charge in [-0.25, -0.2) is 13.6 Å². The highest BCUT2D eigenvalue weighted by atomic mass is 19.1. The Hall–Kier alpha value is -2.70. The molecule has 1 aromatic carbocycles. The second-order valence-electron chi connectivity index (χ2n) is 5.54. The van der Waals surface area contributed by atoms with Crippen molar-refractivity contribution in [1.29, 1.82) is 0 Å². The molecular weight excluding hydrogens is 318 g/mol. The number of nitrogens with one attached hydrogen (secondary N) is 1. The SMILES string of the molecule is COC(=O)c1[nH]c(C)c(CN(C)C(=O)c2cc(F)cc(F)c2)c1C. The first-order valence-electron chi connectivity index (χ1n) is 7.22. The van der Waals surface area contributed by atoms with E-state index >= 15 is 0 Å². The van der Waals surface area contributed by atoms with E-state index in [1.807, 2.05) is 0 Å². The van der Waals surface area contributed by atoms with E-state index < -0.39 is 23.5 Å². The van der Waals surface area contributed by atoms with Gasteiger partial charge in [-0.3, -0.25) is 4.79 Å². The zero-order valence-corrected chi connectivity index (χ0v) is 13.9. The minimum Gasteiger partial charge on any atom is -0.464 e. The van der Waals surface area contributed by atoms with Crippen LogP contribution in [0.15, 0.2) is 18.2 Å². The monoisotopic (exact) mass is 336 g/mol.